The lowest BCUT2D eigenvalue weighted by atomic mass is 10.0. The van der Waals surface area contributed by atoms with Gasteiger partial charge in [-0.15, -0.1) is 0 Å². The first-order valence-corrected chi connectivity index (χ1v) is 13.0. The van der Waals surface area contributed by atoms with Crippen molar-refractivity contribution in [2.24, 2.45) is 0 Å². The van der Waals surface area contributed by atoms with Gasteiger partial charge in [0.25, 0.3) is 5.91 Å². The fourth-order valence-electron chi connectivity index (χ4n) is 4.67. The molecule has 4 N–H and O–H groups in total. The summed E-state index contributed by atoms with van der Waals surface area (Å²) in [4.78, 5) is 38.7. The van der Waals surface area contributed by atoms with Gasteiger partial charge in [0, 0.05) is 5.69 Å². The molecular formula is C32H33N3O5. The van der Waals surface area contributed by atoms with Crippen LogP contribution in [0.5, 0.6) is 0 Å². The van der Waals surface area contributed by atoms with E-state index in [1.54, 1.807) is 19.1 Å². The van der Waals surface area contributed by atoms with E-state index >= 15 is 0 Å². The van der Waals surface area contributed by atoms with E-state index in [9.17, 15) is 19.5 Å². The van der Waals surface area contributed by atoms with Gasteiger partial charge in [-0.3, -0.25) is 4.79 Å². The topological polar surface area (TPSA) is 117 Å². The summed E-state index contributed by atoms with van der Waals surface area (Å²) in [6.45, 7) is 7.61. The van der Waals surface area contributed by atoms with Crippen LogP contribution < -0.4 is 16.0 Å². The Bertz CT molecular complexity index is 1530. The molecular weight excluding hydrogens is 506 g/mol. The number of carbonyl (C=O) groups excluding carboxylic acids is 2. The molecule has 0 saturated heterocycles. The van der Waals surface area contributed by atoms with Gasteiger partial charge in [-0.25, -0.2) is 9.59 Å². The van der Waals surface area contributed by atoms with E-state index in [1.807, 2.05) is 87.5 Å². The Morgan fingerprint density at radius 3 is 2.05 bits per heavy atom. The zero-order valence-electron chi connectivity index (χ0n) is 22.9. The molecule has 0 heterocycles. The number of carboxylic acids is 1. The fourth-order valence-corrected chi connectivity index (χ4v) is 4.67. The number of carbonyl (C=O) groups is 3. The van der Waals surface area contributed by atoms with Crippen molar-refractivity contribution in [3.8, 4) is 0 Å². The minimum atomic E-state index is -1.32. The van der Waals surface area contributed by atoms with Crippen LogP contribution in [0.25, 0.3) is 10.8 Å². The summed E-state index contributed by atoms with van der Waals surface area (Å²) in [6.07, 6.45) is -0.825. The molecule has 4 aromatic carbocycles. The van der Waals surface area contributed by atoms with Crippen LogP contribution in [0.15, 0.2) is 78.9 Å². The molecule has 4 rings (SSSR count). The van der Waals surface area contributed by atoms with Crippen molar-refractivity contribution in [2.75, 3.05) is 10.6 Å². The quantitative estimate of drug-likeness (QED) is 0.202. The molecule has 0 aromatic heterocycles. The van der Waals surface area contributed by atoms with E-state index in [0.29, 0.717) is 5.69 Å². The first-order valence-electron chi connectivity index (χ1n) is 13.0. The molecule has 0 saturated carbocycles. The van der Waals surface area contributed by atoms with Gasteiger partial charge in [0.1, 0.15) is 0 Å². The maximum Gasteiger partial charge on any atom is 0.328 e. The number of amides is 3. The van der Waals surface area contributed by atoms with Crippen molar-refractivity contribution in [2.45, 2.75) is 46.4 Å². The van der Waals surface area contributed by atoms with Crippen LogP contribution in [0.4, 0.5) is 16.2 Å². The lowest BCUT2D eigenvalue weighted by Gasteiger charge is -2.23. The molecule has 40 heavy (non-hydrogen) atoms. The maximum absolute atomic E-state index is 13.5. The number of carboxylic acid groups (broad SMARTS) is 1. The predicted molar refractivity (Wildman–Crippen MR) is 157 cm³/mol. The van der Waals surface area contributed by atoms with Crippen LogP contribution in [0.1, 0.15) is 39.5 Å². The van der Waals surface area contributed by atoms with E-state index in [4.69, 9.17) is 4.74 Å². The van der Waals surface area contributed by atoms with Gasteiger partial charge >= 0.3 is 12.0 Å². The van der Waals surface area contributed by atoms with Crippen molar-refractivity contribution in [1.29, 1.82) is 0 Å². The predicted octanol–water partition coefficient (Wildman–Crippen LogP) is 6.20. The van der Waals surface area contributed by atoms with Crippen molar-refractivity contribution >= 4 is 40.1 Å². The summed E-state index contributed by atoms with van der Waals surface area (Å²) in [6, 6.07) is 22.2. The molecule has 1 unspecified atom stereocenters. The molecule has 0 fully saturated rings. The number of nitrogens with one attached hydrogen (secondary N) is 3. The summed E-state index contributed by atoms with van der Waals surface area (Å²) < 4.78 is 5.78. The van der Waals surface area contributed by atoms with Crippen LogP contribution in [0.2, 0.25) is 0 Å². The smallest absolute Gasteiger partial charge is 0.328 e. The Kier molecular flexibility index (Phi) is 8.81. The first kappa shape index (κ1) is 28.3. The number of urea groups is 1. The molecule has 0 bridgehead atoms. The van der Waals surface area contributed by atoms with E-state index in [2.05, 4.69) is 16.0 Å². The number of hydrogen-bond donors (Lipinski definition) is 4. The van der Waals surface area contributed by atoms with Crippen molar-refractivity contribution in [3.05, 3.63) is 107 Å². The summed E-state index contributed by atoms with van der Waals surface area (Å²) in [5.41, 5.74) is 4.87. The van der Waals surface area contributed by atoms with Gasteiger partial charge < -0.3 is 25.8 Å². The zero-order chi connectivity index (χ0) is 28.8. The number of rotatable bonds is 9. The van der Waals surface area contributed by atoms with E-state index in [1.165, 1.54) is 0 Å². The Labute approximate surface area is 233 Å². The van der Waals surface area contributed by atoms with Crippen LogP contribution in [-0.4, -0.2) is 35.2 Å². The highest BCUT2D eigenvalue weighted by molar-refractivity contribution is 6.10. The van der Waals surface area contributed by atoms with Crippen LogP contribution in [-0.2, 0) is 16.1 Å². The molecule has 8 nitrogen and oxygen atoms in total. The molecule has 3 amide bonds. The molecule has 0 aliphatic rings. The normalized spacial score (nSPS) is 12.4. The molecule has 0 radical (unpaired) electrons. The molecule has 8 heteroatoms. The average Bonchev–Trinajstić information content (AvgIpc) is 2.92. The summed E-state index contributed by atoms with van der Waals surface area (Å²) in [5, 5.41) is 19.7. The second-order valence-corrected chi connectivity index (χ2v) is 9.89. The van der Waals surface area contributed by atoms with Gasteiger partial charge in [-0.2, -0.15) is 0 Å². The summed E-state index contributed by atoms with van der Waals surface area (Å²) in [7, 11) is 0. The maximum atomic E-state index is 13.5. The van der Waals surface area contributed by atoms with Gasteiger partial charge in [0.15, 0.2) is 6.04 Å². The van der Waals surface area contributed by atoms with E-state index < -0.39 is 30.1 Å². The second kappa shape index (κ2) is 12.4. The number of ether oxygens (including phenoxy) is 1. The standard InChI is InChI=1S/C32H33N3O5/c1-19-14-20(2)28(21(3)15-19)35-32(39)33-27-17-25-13-9-8-12-24(25)16-26(27)30(36)34-29(31(37)38)22(4)40-18-23-10-6-5-7-11-23/h5-17,22,29H,18H2,1-4H3,(H,34,36)(H,37,38)(H2,33,35,39)/t22?,29-/m0/s1. The van der Waals surface area contributed by atoms with E-state index in [0.717, 1.165) is 33.0 Å². The van der Waals surface area contributed by atoms with Crippen LogP contribution in [0, 0.1) is 20.8 Å². The number of hydrogen-bond acceptors (Lipinski definition) is 4. The zero-order valence-corrected chi connectivity index (χ0v) is 22.9. The molecule has 0 aliphatic carbocycles. The largest absolute Gasteiger partial charge is 0.480 e. The minimum Gasteiger partial charge on any atom is -0.480 e. The third-order valence-corrected chi connectivity index (χ3v) is 6.67. The SMILES string of the molecule is Cc1cc(C)c(NC(=O)Nc2cc3ccccc3cc2C(=O)N[C@H](C(=O)O)C(C)OCc2ccccc2)c(C)c1. The first-order chi connectivity index (χ1) is 19.1. The number of benzene rings is 4. The molecule has 0 spiro atoms. The third-order valence-electron chi connectivity index (χ3n) is 6.67. The van der Waals surface area contributed by atoms with Crippen molar-refractivity contribution in [3.63, 3.8) is 0 Å². The van der Waals surface area contributed by atoms with Gasteiger partial charge in [0.05, 0.1) is 24.0 Å². The highest BCUT2D eigenvalue weighted by atomic mass is 16.5. The highest BCUT2D eigenvalue weighted by Gasteiger charge is 2.29. The molecule has 2 atom stereocenters. The second-order valence-electron chi connectivity index (χ2n) is 9.89. The number of fused-ring (bicyclic) bond motifs is 1. The average molecular weight is 540 g/mol. The third kappa shape index (κ3) is 6.84. The Balaban J connectivity index is 1.57. The molecule has 0 aliphatic heterocycles. The Hall–Kier alpha value is -4.69. The summed E-state index contributed by atoms with van der Waals surface area (Å²) in [5.74, 6) is -1.88. The monoisotopic (exact) mass is 539 g/mol. The minimum absolute atomic E-state index is 0.132. The fraction of sp³-hybridized carbons (Fsp3) is 0.219. The Morgan fingerprint density at radius 2 is 1.43 bits per heavy atom. The van der Waals surface area contributed by atoms with Gasteiger partial charge in [0.2, 0.25) is 0 Å². The number of aryl methyl sites for hydroxylation is 3. The van der Waals surface area contributed by atoms with Gasteiger partial charge in [-0.05, 0) is 67.3 Å². The summed E-state index contributed by atoms with van der Waals surface area (Å²) >= 11 is 0. The van der Waals surface area contributed by atoms with Crippen molar-refractivity contribution < 1.29 is 24.2 Å². The van der Waals surface area contributed by atoms with E-state index in [-0.39, 0.29) is 17.9 Å². The Morgan fingerprint density at radius 1 is 0.825 bits per heavy atom. The lowest BCUT2D eigenvalue weighted by Crippen LogP contribution is -2.48. The molecule has 206 valence electrons. The van der Waals surface area contributed by atoms with Gasteiger partial charge in [-0.1, -0.05) is 72.3 Å². The van der Waals surface area contributed by atoms with Crippen LogP contribution in [0.3, 0.4) is 0 Å². The molecule has 4 aromatic rings. The lowest BCUT2D eigenvalue weighted by molar-refractivity contribution is -0.143. The van der Waals surface area contributed by atoms with Crippen LogP contribution >= 0.6 is 0 Å². The number of anilines is 2. The van der Waals surface area contributed by atoms with Crippen molar-refractivity contribution in [1.82, 2.24) is 5.32 Å². The number of aliphatic carboxylic acids is 1. The highest BCUT2D eigenvalue weighted by Crippen LogP contribution is 2.26.